The Balaban J connectivity index is 1.85. The van der Waals surface area contributed by atoms with Gasteiger partial charge in [0.05, 0.1) is 11.4 Å². The Morgan fingerprint density at radius 3 is 2.58 bits per heavy atom. The van der Waals surface area contributed by atoms with E-state index in [1.165, 1.54) is 0 Å². The number of aliphatic carboxylic acids is 1. The maximum absolute atomic E-state index is 12.8. The maximum Gasteiger partial charge on any atom is 0.306 e. The molecule has 0 saturated heterocycles. The number of sulfonamides is 1. The zero-order chi connectivity index (χ0) is 17.3. The highest BCUT2D eigenvalue weighted by Crippen LogP contribution is 2.28. The first kappa shape index (κ1) is 16.9. The highest BCUT2D eigenvalue weighted by molar-refractivity contribution is 7.89. The number of carboxylic acid groups (broad SMARTS) is 1. The molecule has 7 heteroatoms. The lowest BCUT2D eigenvalue weighted by Crippen LogP contribution is -2.38. The molecule has 2 aromatic rings. The zero-order valence-electron chi connectivity index (χ0n) is 13.4. The fraction of sp³-hybridized carbons (Fsp3) is 0.412. The smallest absolute Gasteiger partial charge is 0.306 e. The molecule has 1 saturated carbocycles. The molecular weight excluding hydrogens is 328 g/mol. The minimum atomic E-state index is -3.70. The monoisotopic (exact) mass is 348 g/mol. The lowest BCUT2D eigenvalue weighted by Gasteiger charge is -2.26. The van der Waals surface area contributed by atoms with Gasteiger partial charge in [0.25, 0.3) is 0 Å². The summed E-state index contributed by atoms with van der Waals surface area (Å²) in [7, 11) is -3.70. The summed E-state index contributed by atoms with van der Waals surface area (Å²) >= 11 is 0. The molecule has 0 aliphatic heterocycles. The first-order valence-corrected chi connectivity index (χ1v) is 9.46. The van der Waals surface area contributed by atoms with Gasteiger partial charge in [-0.25, -0.2) is 13.1 Å². The number of fused-ring (bicyclic) bond motifs is 1. The molecule has 0 radical (unpaired) electrons. The molecule has 128 valence electrons. The lowest BCUT2D eigenvalue weighted by molar-refractivity contribution is -0.142. The van der Waals surface area contributed by atoms with E-state index in [0.29, 0.717) is 31.2 Å². The molecule has 0 spiro atoms. The topological polar surface area (TPSA) is 96.4 Å². The van der Waals surface area contributed by atoms with Crippen molar-refractivity contribution in [2.45, 2.75) is 43.5 Å². The molecule has 0 atom stereocenters. The molecule has 0 amide bonds. The lowest BCUT2D eigenvalue weighted by atomic mass is 9.87. The van der Waals surface area contributed by atoms with E-state index in [2.05, 4.69) is 9.71 Å². The second kappa shape index (κ2) is 6.49. The fourth-order valence-electron chi connectivity index (χ4n) is 3.25. The highest BCUT2D eigenvalue weighted by Gasteiger charge is 2.29. The Morgan fingerprint density at radius 2 is 1.92 bits per heavy atom. The molecule has 6 nitrogen and oxygen atoms in total. The van der Waals surface area contributed by atoms with Crippen LogP contribution in [-0.2, 0) is 14.8 Å². The van der Waals surface area contributed by atoms with E-state index in [9.17, 15) is 13.2 Å². The van der Waals surface area contributed by atoms with Crippen molar-refractivity contribution in [2.24, 2.45) is 5.92 Å². The number of nitrogens with zero attached hydrogens (tertiary/aromatic N) is 1. The molecule has 3 rings (SSSR count). The summed E-state index contributed by atoms with van der Waals surface area (Å²) in [6, 6.07) is 6.77. The van der Waals surface area contributed by atoms with Crippen LogP contribution in [0.15, 0.2) is 35.4 Å². The summed E-state index contributed by atoms with van der Waals surface area (Å²) in [6.07, 6.45) is 3.64. The van der Waals surface area contributed by atoms with Crippen molar-refractivity contribution in [2.75, 3.05) is 0 Å². The minimum absolute atomic E-state index is 0.170. The Morgan fingerprint density at radius 1 is 1.21 bits per heavy atom. The Labute approximate surface area is 141 Å². The van der Waals surface area contributed by atoms with Gasteiger partial charge in [-0.3, -0.25) is 9.78 Å². The SMILES string of the molecule is Cc1ccc(S(=O)(=O)NC2CCC(C(=O)O)CC2)c2ncccc12. The molecule has 0 bridgehead atoms. The molecule has 1 fully saturated rings. The van der Waals surface area contributed by atoms with Crippen LogP contribution in [0, 0.1) is 12.8 Å². The van der Waals surface area contributed by atoms with Gasteiger partial charge in [0.1, 0.15) is 4.90 Å². The molecule has 1 aromatic heterocycles. The van der Waals surface area contributed by atoms with Gasteiger partial charge in [-0.05, 0) is 50.3 Å². The van der Waals surface area contributed by atoms with E-state index in [4.69, 9.17) is 5.11 Å². The first-order chi connectivity index (χ1) is 11.4. The predicted octanol–water partition coefficient (Wildman–Crippen LogP) is 2.46. The average Bonchev–Trinajstić information content (AvgIpc) is 2.55. The summed E-state index contributed by atoms with van der Waals surface area (Å²) in [5.41, 5.74) is 1.43. The van der Waals surface area contributed by atoms with Crippen molar-refractivity contribution >= 4 is 26.9 Å². The van der Waals surface area contributed by atoms with Gasteiger partial charge in [-0.15, -0.1) is 0 Å². The van der Waals surface area contributed by atoms with Crippen molar-refractivity contribution in [3.63, 3.8) is 0 Å². The first-order valence-electron chi connectivity index (χ1n) is 7.98. The molecule has 2 N–H and O–H groups in total. The van der Waals surface area contributed by atoms with Gasteiger partial charge < -0.3 is 5.11 Å². The largest absolute Gasteiger partial charge is 0.481 e. The van der Waals surface area contributed by atoms with Crippen molar-refractivity contribution in [3.8, 4) is 0 Å². The van der Waals surface area contributed by atoms with E-state index >= 15 is 0 Å². The number of carboxylic acids is 1. The summed E-state index contributed by atoms with van der Waals surface area (Å²) < 4.78 is 28.3. The summed E-state index contributed by atoms with van der Waals surface area (Å²) in [4.78, 5) is 15.4. The van der Waals surface area contributed by atoms with Gasteiger partial charge in [0, 0.05) is 17.6 Å². The Bertz CT molecular complexity index is 871. The van der Waals surface area contributed by atoms with Gasteiger partial charge >= 0.3 is 5.97 Å². The minimum Gasteiger partial charge on any atom is -0.481 e. The molecule has 1 heterocycles. The molecule has 24 heavy (non-hydrogen) atoms. The number of hydrogen-bond acceptors (Lipinski definition) is 4. The second-order valence-corrected chi connectivity index (χ2v) is 7.97. The average molecular weight is 348 g/mol. The number of aromatic nitrogens is 1. The van der Waals surface area contributed by atoms with Crippen molar-refractivity contribution in [1.29, 1.82) is 0 Å². The molecule has 1 aliphatic carbocycles. The number of aryl methyl sites for hydroxylation is 1. The Hall–Kier alpha value is -1.99. The summed E-state index contributed by atoms with van der Waals surface area (Å²) in [5, 5.41) is 9.85. The Kier molecular flexibility index (Phi) is 4.56. The normalized spacial score (nSPS) is 21.7. The van der Waals surface area contributed by atoms with Crippen LogP contribution in [-0.4, -0.2) is 30.5 Å². The number of hydrogen-bond donors (Lipinski definition) is 2. The zero-order valence-corrected chi connectivity index (χ0v) is 14.2. The van der Waals surface area contributed by atoms with Crippen LogP contribution in [0.3, 0.4) is 0 Å². The van der Waals surface area contributed by atoms with Crippen molar-refractivity contribution < 1.29 is 18.3 Å². The van der Waals surface area contributed by atoms with Gasteiger partial charge in [0.15, 0.2) is 0 Å². The third-order valence-corrected chi connectivity index (χ3v) is 6.19. The van der Waals surface area contributed by atoms with Crippen LogP contribution >= 0.6 is 0 Å². The number of pyridine rings is 1. The van der Waals surface area contributed by atoms with Gasteiger partial charge in [-0.1, -0.05) is 12.1 Å². The van der Waals surface area contributed by atoms with E-state index in [1.807, 2.05) is 13.0 Å². The van der Waals surface area contributed by atoms with E-state index in [-0.39, 0.29) is 16.9 Å². The van der Waals surface area contributed by atoms with Crippen LogP contribution in [0.25, 0.3) is 10.9 Å². The number of nitrogens with one attached hydrogen (secondary N) is 1. The van der Waals surface area contributed by atoms with Crippen LogP contribution < -0.4 is 4.72 Å². The highest BCUT2D eigenvalue weighted by atomic mass is 32.2. The number of carbonyl (C=O) groups is 1. The van der Waals surface area contributed by atoms with E-state index in [1.54, 1.807) is 24.4 Å². The molecular formula is C17H20N2O4S. The number of rotatable bonds is 4. The fourth-order valence-corrected chi connectivity index (χ4v) is 4.71. The summed E-state index contributed by atoms with van der Waals surface area (Å²) in [6.45, 7) is 1.92. The standard InChI is InChI=1S/C17H20N2O4S/c1-11-4-9-15(16-14(11)3-2-10-18-16)24(22,23)19-13-7-5-12(6-8-13)17(20)21/h2-4,9-10,12-13,19H,5-8H2,1H3,(H,20,21). The van der Waals surface area contributed by atoms with Crippen LogP contribution in [0.4, 0.5) is 0 Å². The van der Waals surface area contributed by atoms with Gasteiger partial charge in [0.2, 0.25) is 10.0 Å². The predicted molar refractivity (Wildman–Crippen MR) is 90.2 cm³/mol. The quantitative estimate of drug-likeness (QED) is 0.885. The number of benzene rings is 1. The third-order valence-electron chi connectivity index (χ3n) is 4.64. The van der Waals surface area contributed by atoms with E-state index < -0.39 is 16.0 Å². The van der Waals surface area contributed by atoms with E-state index in [0.717, 1.165) is 10.9 Å². The van der Waals surface area contributed by atoms with Gasteiger partial charge in [-0.2, -0.15) is 0 Å². The second-order valence-electron chi connectivity index (χ2n) is 6.29. The van der Waals surface area contributed by atoms with Crippen LogP contribution in [0.2, 0.25) is 0 Å². The molecule has 1 aromatic carbocycles. The van der Waals surface area contributed by atoms with Crippen molar-refractivity contribution in [3.05, 3.63) is 36.0 Å². The summed E-state index contributed by atoms with van der Waals surface area (Å²) in [5.74, 6) is -1.17. The maximum atomic E-state index is 12.8. The molecule has 1 aliphatic rings. The third kappa shape index (κ3) is 3.27. The molecule has 0 unspecified atom stereocenters. The van der Waals surface area contributed by atoms with Crippen LogP contribution in [0.1, 0.15) is 31.2 Å². The van der Waals surface area contributed by atoms with Crippen LogP contribution in [0.5, 0.6) is 0 Å². The van der Waals surface area contributed by atoms with Crippen molar-refractivity contribution in [1.82, 2.24) is 9.71 Å².